The molecule has 0 spiro atoms. The molecule has 0 N–H and O–H groups in total. The van der Waals surface area contributed by atoms with E-state index >= 15 is 0 Å². The number of anilines is 2. The minimum Gasteiger partial charge on any atom is -0.366 e. The normalized spacial score (nSPS) is 17.9. The fourth-order valence-electron chi connectivity index (χ4n) is 3.73. The minimum absolute atomic E-state index is 0.0798. The van der Waals surface area contributed by atoms with Crippen LogP contribution in [0.5, 0.6) is 0 Å². The second kappa shape index (κ2) is 7.90. The monoisotopic (exact) mass is 369 g/mol. The molecule has 2 aliphatic rings. The van der Waals surface area contributed by atoms with Gasteiger partial charge in [0, 0.05) is 45.5 Å². The minimum atomic E-state index is -0.223. The second-order valence-electron chi connectivity index (χ2n) is 7.02. The van der Waals surface area contributed by atoms with Crippen LogP contribution in [0.4, 0.5) is 16.0 Å². The van der Waals surface area contributed by atoms with E-state index in [-0.39, 0.29) is 11.7 Å². The van der Waals surface area contributed by atoms with Crippen molar-refractivity contribution in [2.45, 2.75) is 19.3 Å². The van der Waals surface area contributed by atoms with Gasteiger partial charge in [0.15, 0.2) is 0 Å². The molecule has 27 heavy (non-hydrogen) atoms. The number of hydrogen-bond donors (Lipinski definition) is 0. The summed E-state index contributed by atoms with van der Waals surface area (Å²) in [6.07, 6.45) is 5.18. The van der Waals surface area contributed by atoms with E-state index in [1.807, 2.05) is 11.0 Å². The molecular formula is C20H24FN5O. The molecule has 7 heteroatoms. The Labute approximate surface area is 158 Å². The van der Waals surface area contributed by atoms with Crippen LogP contribution in [0.25, 0.3) is 0 Å². The first-order valence-corrected chi connectivity index (χ1v) is 9.59. The van der Waals surface area contributed by atoms with Crippen LogP contribution in [-0.4, -0.2) is 60.0 Å². The van der Waals surface area contributed by atoms with E-state index in [4.69, 9.17) is 0 Å². The summed E-state index contributed by atoms with van der Waals surface area (Å²) >= 11 is 0. The standard InChI is InChI=1S/C20H24FN5O/c21-16-6-2-3-7-18(16)24-12-14-25(15-13-24)19(27)17-8-9-22-20(23-17)26-10-4-1-5-11-26/h2-3,6-9H,1,4-5,10-15H2. The number of piperidine rings is 1. The van der Waals surface area contributed by atoms with Crippen LogP contribution >= 0.6 is 0 Å². The summed E-state index contributed by atoms with van der Waals surface area (Å²) in [5.41, 5.74) is 1.03. The molecule has 2 aromatic rings. The van der Waals surface area contributed by atoms with E-state index in [2.05, 4.69) is 14.9 Å². The third kappa shape index (κ3) is 3.86. The molecule has 0 bridgehead atoms. The van der Waals surface area contributed by atoms with Gasteiger partial charge in [0.25, 0.3) is 5.91 Å². The molecule has 1 aromatic heterocycles. The van der Waals surface area contributed by atoms with Crippen molar-refractivity contribution in [1.82, 2.24) is 14.9 Å². The number of piperazine rings is 1. The SMILES string of the molecule is O=C(c1ccnc(N2CCCCC2)n1)N1CCN(c2ccccc2F)CC1. The van der Waals surface area contributed by atoms with Gasteiger partial charge in [-0.1, -0.05) is 12.1 Å². The van der Waals surface area contributed by atoms with Crippen molar-refractivity contribution in [1.29, 1.82) is 0 Å². The molecule has 2 aliphatic heterocycles. The van der Waals surface area contributed by atoms with Crippen molar-refractivity contribution in [2.24, 2.45) is 0 Å². The molecule has 4 rings (SSSR count). The highest BCUT2D eigenvalue weighted by atomic mass is 19.1. The van der Waals surface area contributed by atoms with Crippen molar-refractivity contribution in [3.8, 4) is 0 Å². The molecular weight excluding hydrogens is 345 g/mol. The number of halogens is 1. The van der Waals surface area contributed by atoms with Gasteiger partial charge in [-0.2, -0.15) is 0 Å². The Morgan fingerprint density at radius 2 is 1.63 bits per heavy atom. The van der Waals surface area contributed by atoms with E-state index in [0.717, 1.165) is 25.9 Å². The fraction of sp³-hybridized carbons (Fsp3) is 0.450. The maximum Gasteiger partial charge on any atom is 0.272 e. The van der Waals surface area contributed by atoms with Crippen molar-refractivity contribution in [3.05, 3.63) is 48.0 Å². The summed E-state index contributed by atoms with van der Waals surface area (Å²) < 4.78 is 14.0. The van der Waals surface area contributed by atoms with Gasteiger partial charge in [-0.3, -0.25) is 4.79 Å². The van der Waals surface area contributed by atoms with Crippen LogP contribution in [0.3, 0.4) is 0 Å². The first-order valence-electron chi connectivity index (χ1n) is 9.59. The Morgan fingerprint density at radius 3 is 2.37 bits per heavy atom. The topological polar surface area (TPSA) is 52.6 Å². The molecule has 0 unspecified atom stereocenters. The number of aromatic nitrogens is 2. The number of carbonyl (C=O) groups is 1. The Hall–Kier alpha value is -2.70. The van der Waals surface area contributed by atoms with Crippen molar-refractivity contribution in [3.63, 3.8) is 0 Å². The van der Waals surface area contributed by atoms with Crippen LogP contribution in [0.15, 0.2) is 36.5 Å². The fourth-order valence-corrected chi connectivity index (χ4v) is 3.73. The Balaban J connectivity index is 1.41. The van der Waals surface area contributed by atoms with E-state index < -0.39 is 0 Å². The molecule has 6 nitrogen and oxygen atoms in total. The first kappa shape index (κ1) is 17.7. The van der Waals surface area contributed by atoms with Crippen LogP contribution < -0.4 is 9.80 Å². The number of para-hydroxylation sites is 1. The number of rotatable bonds is 3. The molecule has 1 amide bonds. The Bertz CT molecular complexity index is 800. The van der Waals surface area contributed by atoms with E-state index in [1.165, 1.54) is 12.5 Å². The lowest BCUT2D eigenvalue weighted by atomic mass is 10.1. The average molecular weight is 369 g/mol. The van der Waals surface area contributed by atoms with Crippen LogP contribution in [-0.2, 0) is 0 Å². The van der Waals surface area contributed by atoms with Gasteiger partial charge in [0.05, 0.1) is 5.69 Å². The third-order valence-corrected chi connectivity index (χ3v) is 5.26. The number of nitrogens with zero attached hydrogens (tertiary/aromatic N) is 5. The molecule has 1 aromatic carbocycles. The highest BCUT2D eigenvalue weighted by Gasteiger charge is 2.25. The van der Waals surface area contributed by atoms with Crippen molar-refractivity contribution >= 4 is 17.5 Å². The summed E-state index contributed by atoms with van der Waals surface area (Å²) in [6, 6.07) is 8.45. The summed E-state index contributed by atoms with van der Waals surface area (Å²) in [5, 5.41) is 0. The zero-order chi connectivity index (χ0) is 18.6. The second-order valence-corrected chi connectivity index (χ2v) is 7.02. The van der Waals surface area contributed by atoms with Crippen molar-refractivity contribution < 1.29 is 9.18 Å². The van der Waals surface area contributed by atoms with Gasteiger partial charge in [-0.15, -0.1) is 0 Å². The lowest BCUT2D eigenvalue weighted by molar-refractivity contribution is 0.0740. The van der Waals surface area contributed by atoms with Crippen LogP contribution in [0, 0.1) is 5.82 Å². The summed E-state index contributed by atoms with van der Waals surface area (Å²) in [5.74, 6) is 0.341. The number of hydrogen-bond acceptors (Lipinski definition) is 5. The highest BCUT2D eigenvalue weighted by molar-refractivity contribution is 5.92. The molecule has 2 saturated heterocycles. The zero-order valence-electron chi connectivity index (χ0n) is 15.4. The Morgan fingerprint density at radius 1 is 0.889 bits per heavy atom. The smallest absolute Gasteiger partial charge is 0.272 e. The summed E-state index contributed by atoms with van der Waals surface area (Å²) in [4.78, 5) is 27.7. The highest BCUT2D eigenvalue weighted by Crippen LogP contribution is 2.21. The predicted octanol–water partition coefficient (Wildman–Crippen LogP) is 2.57. The Kier molecular flexibility index (Phi) is 5.18. The zero-order valence-corrected chi connectivity index (χ0v) is 15.4. The lowest BCUT2D eigenvalue weighted by Crippen LogP contribution is -2.49. The van der Waals surface area contributed by atoms with E-state index in [1.54, 1.807) is 29.3 Å². The molecule has 2 fully saturated rings. The maximum absolute atomic E-state index is 14.0. The van der Waals surface area contributed by atoms with Crippen LogP contribution in [0.1, 0.15) is 29.8 Å². The molecule has 0 radical (unpaired) electrons. The van der Waals surface area contributed by atoms with Crippen molar-refractivity contribution in [2.75, 3.05) is 49.1 Å². The molecule has 0 aliphatic carbocycles. The summed E-state index contributed by atoms with van der Waals surface area (Å²) in [6.45, 7) is 4.21. The average Bonchev–Trinajstić information content (AvgIpc) is 2.74. The largest absolute Gasteiger partial charge is 0.366 e. The number of carbonyl (C=O) groups excluding carboxylic acids is 1. The third-order valence-electron chi connectivity index (χ3n) is 5.26. The first-order chi connectivity index (χ1) is 13.2. The van der Waals surface area contributed by atoms with Gasteiger partial charge >= 0.3 is 0 Å². The lowest BCUT2D eigenvalue weighted by Gasteiger charge is -2.36. The van der Waals surface area contributed by atoms with E-state index in [0.29, 0.717) is 43.5 Å². The molecule has 0 atom stereocenters. The molecule has 142 valence electrons. The van der Waals surface area contributed by atoms with E-state index in [9.17, 15) is 9.18 Å². The van der Waals surface area contributed by atoms with Gasteiger partial charge in [-0.05, 0) is 37.5 Å². The number of benzene rings is 1. The predicted molar refractivity (Wildman–Crippen MR) is 103 cm³/mol. The maximum atomic E-state index is 14.0. The van der Waals surface area contributed by atoms with Crippen LogP contribution in [0.2, 0.25) is 0 Å². The summed E-state index contributed by atoms with van der Waals surface area (Å²) in [7, 11) is 0. The quantitative estimate of drug-likeness (QED) is 0.832. The van der Waals surface area contributed by atoms with Gasteiger partial charge < -0.3 is 14.7 Å². The molecule has 3 heterocycles. The van der Waals surface area contributed by atoms with Gasteiger partial charge in [-0.25, -0.2) is 14.4 Å². The molecule has 0 saturated carbocycles. The van der Waals surface area contributed by atoms with Gasteiger partial charge in [0.1, 0.15) is 11.5 Å². The van der Waals surface area contributed by atoms with Gasteiger partial charge in [0.2, 0.25) is 5.95 Å². The number of amides is 1.